The van der Waals surface area contributed by atoms with Crippen molar-refractivity contribution in [3.8, 4) is 0 Å². The third-order valence-corrected chi connectivity index (χ3v) is 2.80. The fourth-order valence-electron chi connectivity index (χ4n) is 1.74. The van der Waals surface area contributed by atoms with E-state index in [0.717, 1.165) is 0 Å². The van der Waals surface area contributed by atoms with Crippen molar-refractivity contribution in [2.45, 2.75) is 25.6 Å². The summed E-state index contributed by atoms with van der Waals surface area (Å²) in [5.41, 5.74) is 0.187. The van der Waals surface area contributed by atoms with Crippen molar-refractivity contribution in [2.24, 2.45) is 0 Å². The number of methoxy groups -OCH3 is 1. The lowest BCUT2D eigenvalue weighted by Crippen LogP contribution is -2.10. The fourth-order valence-corrected chi connectivity index (χ4v) is 1.74. The number of hydrogen-bond donors (Lipinski definition) is 1. The molecule has 0 aliphatic carbocycles. The van der Waals surface area contributed by atoms with Crippen LogP contribution in [0.1, 0.15) is 25.2 Å². The van der Waals surface area contributed by atoms with E-state index in [1.54, 1.807) is 25.3 Å². The number of aliphatic hydroxyl groups excluding tert-OH is 1. The Morgan fingerprint density at radius 1 is 1.47 bits per heavy atom. The molecule has 2 atom stereocenters. The lowest BCUT2D eigenvalue weighted by molar-refractivity contribution is 0.0474. The summed E-state index contributed by atoms with van der Waals surface area (Å²) in [6.07, 6.45) is -0.447. The summed E-state index contributed by atoms with van der Waals surface area (Å²) in [6.45, 7) is 1.85. The average molecular weight is 238 g/mol. The van der Waals surface area contributed by atoms with Crippen molar-refractivity contribution in [3.63, 3.8) is 0 Å². The van der Waals surface area contributed by atoms with E-state index >= 15 is 0 Å². The Kier molecular flexibility index (Phi) is 3.45. The van der Waals surface area contributed by atoms with E-state index in [2.05, 4.69) is 0 Å². The molecule has 2 aromatic rings. The molecule has 0 aliphatic heterocycles. The first-order valence-corrected chi connectivity index (χ1v) is 5.50. The maximum atomic E-state index is 13.4. The number of ether oxygens (including phenoxy) is 1. The largest absolute Gasteiger partial charge is 0.455 e. The first-order chi connectivity index (χ1) is 8.11. The first-order valence-electron chi connectivity index (χ1n) is 5.50. The van der Waals surface area contributed by atoms with Gasteiger partial charge in [0.15, 0.2) is 11.4 Å². The highest BCUT2D eigenvalue weighted by Gasteiger charge is 2.17. The Bertz CT molecular complexity index is 506. The van der Waals surface area contributed by atoms with Crippen LogP contribution >= 0.6 is 0 Å². The predicted molar refractivity (Wildman–Crippen MR) is 62.2 cm³/mol. The summed E-state index contributed by atoms with van der Waals surface area (Å²) in [7, 11) is 1.58. The Morgan fingerprint density at radius 2 is 2.24 bits per heavy atom. The minimum Gasteiger partial charge on any atom is -0.455 e. The highest BCUT2D eigenvalue weighted by atomic mass is 19.1. The van der Waals surface area contributed by atoms with Gasteiger partial charge in [-0.2, -0.15) is 0 Å². The molecular weight excluding hydrogens is 223 g/mol. The fraction of sp³-hybridized carbons (Fsp3) is 0.385. The quantitative estimate of drug-likeness (QED) is 0.890. The summed E-state index contributed by atoms with van der Waals surface area (Å²) in [5.74, 6) is -0.0465. The van der Waals surface area contributed by atoms with Crippen molar-refractivity contribution in [3.05, 3.63) is 35.8 Å². The lowest BCUT2D eigenvalue weighted by atomic mass is 10.1. The molecule has 0 saturated heterocycles. The summed E-state index contributed by atoms with van der Waals surface area (Å²) in [4.78, 5) is 0. The maximum absolute atomic E-state index is 13.4. The molecule has 2 unspecified atom stereocenters. The Balaban J connectivity index is 2.27. The summed E-state index contributed by atoms with van der Waals surface area (Å²) < 4.78 is 23.8. The number of fused-ring (bicyclic) bond motifs is 1. The zero-order valence-corrected chi connectivity index (χ0v) is 9.81. The zero-order valence-electron chi connectivity index (χ0n) is 9.81. The standard InChI is InChI=1S/C13H15FO3/c1-8(16-2)6-11(15)12-7-9-4-3-5-10(14)13(9)17-12/h3-5,7-8,11,15H,6H2,1-2H3. The molecule has 4 heteroatoms. The number of halogens is 1. The van der Waals surface area contributed by atoms with Gasteiger partial charge in [0.05, 0.1) is 6.10 Å². The van der Waals surface area contributed by atoms with Crippen LogP contribution in [0.2, 0.25) is 0 Å². The lowest BCUT2D eigenvalue weighted by Gasteiger charge is -2.12. The molecule has 0 bridgehead atoms. The monoisotopic (exact) mass is 238 g/mol. The van der Waals surface area contributed by atoms with Crippen molar-refractivity contribution in [1.29, 1.82) is 0 Å². The summed E-state index contributed by atoms with van der Waals surface area (Å²) in [6, 6.07) is 6.35. The Labute approximate surface area is 98.8 Å². The van der Waals surface area contributed by atoms with Crippen LogP contribution in [-0.2, 0) is 4.74 Å². The van der Waals surface area contributed by atoms with Crippen LogP contribution in [0.5, 0.6) is 0 Å². The van der Waals surface area contributed by atoms with Crippen molar-refractivity contribution in [1.82, 2.24) is 0 Å². The molecule has 0 amide bonds. The van der Waals surface area contributed by atoms with Crippen molar-refractivity contribution in [2.75, 3.05) is 7.11 Å². The number of hydrogen-bond acceptors (Lipinski definition) is 3. The van der Waals surface area contributed by atoms with Gasteiger partial charge in [0.1, 0.15) is 11.9 Å². The molecule has 0 aliphatic rings. The minimum absolute atomic E-state index is 0.0805. The van der Waals surface area contributed by atoms with E-state index in [1.165, 1.54) is 6.07 Å². The highest BCUT2D eigenvalue weighted by Crippen LogP contribution is 2.28. The van der Waals surface area contributed by atoms with Gasteiger partial charge in [-0.3, -0.25) is 0 Å². The van der Waals surface area contributed by atoms with E-state index in [9.17, 15) is 9.50 Å². The number of furan rings is 1. The predicted octanol–water partition coefficient (Wildman–Crippen LogP) is 3.03. The van der Waals surface area contributed by atoms with E-state index in [1.807, 2.05) is 6.92 Å². The smallest absolute Gasteiger partial charge is 0.170 e. The van der Waals surface area contributed by atoms with Crippen molar-refractivity contribution >= 4 is 11.0 Å². The van der Waals surface area contributed by atoms with Crippen LogP contribution in [-0.4, -0.2) is 18.3 Å². The van der Waals surface area contributed by atoms with Gasteiger partial charge in [-0.15, -0.1) is 0 Å². The molecule has 1 aromatic heterocycles. The summed E-state index contributed by atoms with van der Waals surface area (Å²) in [5, 5.41) is 10.6. The molecule has 1 aromatic carbocycles. The van der Waals surface area contributed by atoms with E-state index in [0.29, 0.717) is 17.6 Å². The Morgan fingerprint density at radius 3 is 2.88 bits per heavy atom. The highest BCUT2D eigenvalue weighted by molar-refractivity contribution is 5.78. The van der Waals surface area contributed by atoms with Gasteiger partial charge < -0.3 is 14.3 Å². The molecular formula is C13H15FO3. The molecule has 92 valence electrons. The number of benzene rings is 1. The molecule has 0 fully saturated rings. The summed E-state index contributed by atoms with van der Waals surface area (Å²) >= 11 is 0. The molecule has 0 spiro atoms. The number of para-hydroxylation sites is 1. The molecule has 1 N–H and O–H groups in total. The van der Waals surface area contributed by atoms with Gasteiger partial charge in [0.2, 0.25) is 0 Å². The van der Waals surface area contributed by atoms with Gasteiger partial charge in [0, 0.05) is 18.9 Å². The van der Waals surface area contributed by atoms with Gasteiger partial charge in [-0.1, -0.05) is 12.1 Å². The molecule has 0 radical (unpaired) electrons. The van der Waals surface area contributed by atoms with Gasteiger partial charge in [-0.05, 0) is 19.1 Å². The average Bonchev–Trinajstić information content (AvgIpc) is 2.74. The Hall–Kier alpha value is -1.39. The third kappa shape index (κ3) is 2.48. The number of rotatable bonds is 4. The van der Waals surface area contributed by atoms with Crippen LogP contribution in [0.25, 0.3) is 11.0 Å². The zero-order chi connectivity index (χ0) is 12.4. The molecule has 1 heterocycles. The second-order valence-electron chi connectivity index (χ2n) is 4.10. The van der Waals surface area contributed by atoms with E-state index in [4.69, 9.17) is 9.15 Å². The first kappa shape index (κ1) is 12.1. The molecule has 0 saturated carbocycles. The van der Waals surface area contributed by atoms with E-state index < -0.39 is 11.9 Å². The maximum Gasteiger partial charge on any atom is 0.170 e. The SMILES string of the molecule is COC(C)CC(O)c1cc2cccc(F)c2o1. The number of aliphatic hydroxyl groups is 1. The molecule has 3 nitrogen and oxygen atoms in total. The van der Waals surface area contributed by atoms with Crippen LogP contribution in [0.15, 0.2) is 28.7 Å². The minimum atomic E-state index is -0.781. The third-order valence-electron chi connectivity index (χ3n) is 2.80. The second-order valence-corrected chi connectivity index (χ2v) is 4.10. The molecule has 17 heavy (non-hydrogen) atoms. The van der Waals surface area contributed by atoms with Gasteiger partial charge in [0.25, 0.3) is 0 Å². The normalized spacial score (nSPS) is 15.1. The van der Waals surface area contributed by atoms with Crippen LogP contribution in [0.3, 0.4) is 0 Å². The second kappa shape index (κ2) is 4.85. The van der Waals surface area contributed by atoms with Crippen LogP contribution in [0.4, 0.5) is 4.39 Å². The topological polar surface area (TPSA) is 42.6 Å². The van der Waals surface area contributed by atoms with Crippen molar-refractivity contribution < 1.29 is 18.7 Å². The van der Waals surface area contributed by atoms with Gasteiger partial charge in [-0.25, -0.2) is 4.39 Å². The van der Waals surface area contributed by atoms with Crippen LogP contribution < -0.4 is 0 Å². The van der Waals surface area contributed by atoms with Crippen LogP contribution in [0, 0.1) is 5.82 Å². The van der Waals surface area contributed by atoms with E-state index in [-0.39, 0.29) is 11.7 Å². The van der Waals surface area contributed by atoms with Gasteiger partial charge >= 0.3 is 0 Å². The molecule has 2 rings (SSSR count).